The van der Waals surface area contributed by atoms with Gasteiger partial charge in [-0.2, -0.15) is 4.31 Å². The first-order chi connectivity index (χ1) is 12.3. The van der Waals surface area contributed by atoms with Crippen molar-refractivity contribution in [3.8, 4) is 0 Å². The molecule has 2 aliphatic heterocycles. The second-order valence-electron chi connectivity index (χ2n) is 8.62. The van der Waals surface area contributed by atoms with Crippen molar-refractivity contribution in [1.82, 2.24) is 9.62 Å². The lowest BCUT2D eigenvalue weighted by atomic mass is 9.79. The summed E-state index contributed by atoms with van der Waals surface area (Å²) in [5, 5.41) is 3.42. The molecule has 6 heteroatoms. The maximum absolute atomic E-state index is 13.2. The van der Waals surface area contributed by atoms with E-state index in [0.717, 1.165) is 55.6 Å². The standard InChI is InChI=1S/C20H30N2O3S/c1-14-8-15(2)19(16(3)9-14)26(23,24)22-12-20(13-22)5-4-17(10-20)18-11-21-6-7-25-18/h8-9,17-18,21H,4-7,10-13H2,1-3H3. The number of aryl methyl sites for hydroxylation is 3. The predicted molar refractivity (Wildman–Crippen MR) is 102 cm³/mol. The Bertz CT molecular complexity index is 770. The van der Waals surface area contributed by atoms with Crippen LogP contribution in [0.1, 0.15) is 36.0 Å². The van der Waals surface area contributed by atoms with E-state index in [0.29, 0.717) is 30.0 Å². The fourth-order valence-corrected chi connectivity index (χ4v) is 7.40. The van der Waals surface area contributed by atoms with Crippen LogP contribution in [-0.4, -0.2) is 51.6 Å². The van der Waals surface area contributed by atoms with E-state index in [1.165, 1.54) is 0 Å². The Labute approximate surface area is 157 Å². The van der Waals surface area contributed by atoms with Gasteiger partial charge < -0.3 is 10.1 Å². The average molecular weight is 379 g/mol. The first-order valence-electron chi connectivity index (χ1n) is 9.71. The van der Waals surface area contributed by atoms with E-state index >= 15 is 0 Å². The number of benzene rings is 1. The van der Waals surface area contributed by atoms with Crippen LogP contribution in [0.2, 0.25) is 0 Å². The van der Waals surface area contributed by atoms with Gasteiger partial charge >= 0.3 is 0 Å². The number of morpholine rings is 1. The van der Waals surface area contributed by atoms with Gasteiger partial charge in [0.15, 0.2) is 0 Å². The third-order valence-electron chi connectivity index (χ3n) is 6.45. The Balaban J connectivity index is 1.46. The molecule has 26 heavy (non-hydrogen) atoms. The molecule has 0 bridgehead atoms. The van der Waals surface area contributed by atoms with Crippen molar-refractivity contribution in [3.05, 3.63) is 28.8 Å². The number of nitrogens with zero attached hydrogens (tertiary/aromatic N) is 1. The summed E-state index contributed by atoms with van der Waals surface area (Å²) in [4.78, 5) is 0.507. The minimum absolute atomic E-state index is 0.172. The van der Waals surface area contributed by atoms with Crippen LogP contribution in [0, 0.1) is 32.1 Å². The van der Waals surface area contributed by atoms with Gasteiger partial charge in [0.1, 0.15) is 0 Å². The lowest BCUT2D eigenvalue weighted by molar-refractivity contribution is -0.0168. The molecular weight excluding hydrogens is 348 g/mol. The van der Waals surface area contributed by atoms with E-state index in [2.05, 4.69) is 5.32 Å². The fraction of sp³-hybridized carbons (Fsp3) is 0.700. The topological polar surface area (TPSA) is 58.6 Å². The van der Waals surface area contributed by atoms with E-state index in [1.54, 1.807) is 4.31 Å². The highest BCUT2D eigenvalue weighted by molar-refractivity contribution is 7.89. The highest BCUT2D eigenvalue weighted by atomic mass is 32.2. The van der Waals surface area contributed by atoms with Crippen molar-refractivity contribution in [1.29, 1.82) is 0 Å². The van der Waals surface area contributed by atoms with E-state index in [1.807, 2.05) is 32.9 Å². The van der Waals surface area contributed by atoms with Crippen molar-refractivity contribution in [3.63, 3.8) is 0 Å². The molecule has 2 heterocycles. The first-order valence-corrected chi connectivity index (χ1v) is 11.2. The number of ether oxygens (including phenoxy) is 1. The van der Waals surface area contributed by atoms with Gasteiger partial charge in [0.05, 0.1) is 17.6 Å². The summed E-state index contributed by atoms with van der Waals surface area (Å²) >= 11 is 0. The minimum Gasteiger partial charge on any atom is -0.375 e. The molecule has 1 aromatic rings. The fourth-order valence-electron chi connectivity index (χ4n) is 5.32. The van der Waals surface area contributed by atoms with Crippen LogP contribution in [-0.2, 0) is 14.8 Å². The maximum Gasteiger partial charge on any atom is 0.243 e. The molecule has 1 spiro atoms. The molecular formula is C20H30N2O3S. The van der Waals surface area contributed by atoms with Gasteiger partial charge in [0.25, 0.3) is 0 Å². The maximum atomic E-state index is 13.2. The summed E-state index contributed by atoms with van der Waals surface area (Å²) in [5.74, 6) is 0.565. The van der Waals surface area contributed by atoms with Crippen LogP contribution in [0.4, 0.5) is 0 Å². The van der Waals surface area contributed by atoms with Gasteiger partial charge in [-0.3, -0.25) is 0 Å². The van der Waals surface area contributed by atoms with Crippen molar-refractivity contribution in [2.45, 2.75) is 51.0 Å². The molecule has 1 aromatic carbocycles. The molecule has 1 saturated carbocycles. The molecule has 2 unspecified atom stereocenters. The average Bonchev–Trinajstić information content (AvgIpc) is 2.99. The van der Waals surface area contributed by atoms with Gasteiger partial charge in [0.2, 0.25) is 10.0 Å². The van der Waals surface area contributed by atoms with Gasteiger partial charge in [-0.25, -0.2) is 8.42 Å². The Morgan fingerprint density at radius 3 is 2.50 bits per heavy atom. The third-order valence-corrected chi connectivity index (χ3v) is 8.55. The molecule has 1 aliphatic carbocycles. The molecule has 0 radical (unpaired) electrons. The Morgan fingerprint density at radius 1 is 1.19 bits per heavy atom. The second kappa shape index (κ2) is 6.59. The van der Waals surface area contributed by atoms with Crippen LogP contribution in [0.15, 0.2) is 17.0 Å². The Hall–Kier alpha value is -0.950. The van der Waals surface area contributed by atoms with Gasteiger partial charge in [-0.15, -0.1) is 0 Å². The zero-order valence-corrected chi connectivity index (χ0v) is 16.9. The zero-order chi connectivity index (χ0) is 18.5. The third kappa shape index (κ3) is 3.11. The molecule has 2 atom stereocenters. The smallest absolute Gasteiger partial charge is 0.243 e. The van der Waals surface area contributed by atoms with Crippen molar-refractivity contribution in [2.24, 2.45) is 11.3 Å². The lowest BCUT2D eigenvalue weighted by Crippen LogP contribution is -2.57. The summed E-state index contributed by atoms with van der Waals surface area (Å²) < 4.78 is 34.0. The normalized spacial score (nSPS) is 29.0. The molecule has 4 rings (SSSR count). The van der Waals surface area contributed by atoms with Crippen molar-refractivity contribution < 1.29 is 13.2 Å². The molecule has 1 N–H and O–H groups in total. The number of sulfonamides is 1. The molecule has 3 fully saturated rings. The quantitative estimate of drug-likeness (QED) is 0.877. The minimum atomic E-state index is -3.40. The number of hydrogen-bond donors (Lipinski definition) is 1. The SMILES string of the molecule is Cc1cc(C)c(S(=O)(=O)N2CC3(CCC(C4CNCCO4)C3)C2)c(C)c1. The Kier molecular flexibility index (Phi) is 4.66. The van der Waals surface area contributed by atoms with Crippen LogP contribution in [0.3, 0.4) is 0 Å². The highest BCUT2D eigenvalue weighted by Crippen LogP contribution is 2.51. The zero-order valence-electron chi connectivity index (χ0n) is 16.0. The van der Waals surface area contributed by atoms with Crippen molar-refractivity contribution >= 4 is 10.0 Å². The summed E-state index contributed by atoms with van der Waals surface area (Å²) in [6, 6.07) is 3.93. The molecule has 144 valence electrons. The molecule has 5 nitrogen and oxygen atoms in total. The van der Waals surface area contributed by atoms with Gasteiger partial charge in [-0.1, -0.05) is 17.7 Å². The predicted octanol–water partition coefficient (Wildman–Crippen LogP) is 2.39. The van der Waals surface area contributed by atoms with Gasteiger partial charge in [-0.05, 0) is 62.5 Å². The lowest BCUT2D eigenvalue weighted by Gasteiger charge is -2.48. The number of hydrogen-bond acceptors (Lipinski definition) is 4. The molecule has 0 amide bonds. The monoisotopic (exact) mass is 378 g/mol. The summed E-state index contributed by atoms with van der Waals surface area (Å²) in [6.07, 6.45) is 3.67. The molecule has 0 aromatic heterocycles. The van der Waals surface area contributed by atoms with E-state index < -0.39 is 10.0 Å². The number of nitrogens with one attached hydrogen (secondary N) is 1. The highest BCUT2D eigenvalue weighted by Gasteiger charge is 2.53. The van der Waals surface area contributed by atoms with Crippen molar-refractivity contribution in [2.75, 3.05) is 32.8 Å². The van der Waals surface area contributed by atoms with Crippen LogP contribution in [0.25, 0.3) is 0 Å². The van der Waals surface area contributed by atoms with E-state index in [9.17, 15) is 8.42 Å². The number of rotatable bonds is 3. The van der Waals surface area contributed by atoms with E-state index in [4.69, 9.17) is 4.74 Å². The summed E-state index contributed by atoms with van der Waals surface area (Å²) in [6.45, 7) is 9.82. The first kappa shape index (κ1) is 18.4. The van der Waals surface area contributed by atoms with E-state index in [-0.39, 0.29) is 5.41 Å². The Morgan fingerprint density at radius 2 is 1.88 bits per heavy atom. The largest absolute Gasteiger partial charge is 0.375 e. The summed E-state index contributed by atoms with van der Waals surface area (Å²) in [5.41, 5.74) is 2.99. The van der Waals surface area contributed by atoms with Crippen LogP contribution >= 0.6 is 0 Å². The van der Waals surface area contributed by atoms with Gasteiger partial charge in [0, 0.05) is 26.2 Å². The molecule has 3 aliphatic rings. The van der Waals surface area contributed by atoms with Crippen LogP contribution in [0.5, 0.6) is 0 Å². The second-order valence-corrected chi connectivity index (χ2v) is 10.5. The van der Waals surface area contributed by atoms with Crippen LogP contribution < -0.4 is 5.32 Å². The molecule has 2 saturated heterocycles. The summed E-state index contributed by atoms with van der Waals surface area (Å²) in [7, 11) is -3.40.